The van der Waals surface area contributed by atoms with Gasteiger partial charge in [-0.2, -0.15) is 0 Å². The molecule has 4 nitrogen and oxygen atoms in total. The van der Waals surface area contributed by atoms with E-state index in [0.29, 0.717) is 5.75 Å². The van der Waals surface area contributed by atoms with Gasteiger partial charge >= 0.3 is 6.16 Å². The number of aryl methyl sites for hydroxylation is 1. The topological polar surface area (TPSA) is 61.5 Å². The summed E-state index contributed by atoms with van der Waals surface area (Å²) in [7, 11) is 0. The van der Waals surface area contributed by atoms with Gasteiger partial charge in [0.25, 0.3) is 0 Å². The molecule has 0 fully saturated rings. The lowest BCUT2D eigenvalue weighted by atomic mass is 10.0. The van der Waals surface area contributed by atoms with E-state index >= 15 is 0 Å². The first-order chi connectivity index (χ1) is 10.2. The van der Waals surface area contributed by atoms with Crippen molar-refractivity contribution in [2.24, 2.45) is 0 Å². The van der Waals surface area contributed by atoms with E-state index in [1.165, 1.54) is 0 Å². The van der Waals surface area contributed by atoms with Gasteiger partial charge in [0, 0.05) is 5.69 Å². The van der Waals surface area contributed by atoms with Crippen LogP contribution in [-0.4, -0.2) is 11.8 Å². The van der Waals surface area contributed by atoms with E-state index in [1.54, 1.807) is 32.9 Å². The Bertz CT molecular complexity index is 687. The van der Waals surface area contributed by atoms with E-state index < -0.39 is 11.8 Å². The summed E-state index contributed by atoms with van der Waals surface area (Å²) in [6, 6.07) is 13.1. The Morgan fingerprint density at radius 1 is 1.05 bits per heavy atom. The van der Waals surface area contributed by atoms with Gasteiger partial charge in [-0.25, -0.2) is 4.79 Å². The van der Waals surface area contributed by atoms with Crippen LogP contribution >= 0.6 is 0 Å². The molecule has 0 radical (unpaired) electrons. The van der Waals surface area contributed by atoms with Gasteiger partial charge in [-0.1, -0.05) is 24.3 Å². The van der Waals surface area contributed by atoms with Crippen molar-refractivity contribution in [3.63, 3.8) is 0 Å². The molecule has 0 aliphatic carbocycles. The smallest absolute Gasteiger partial charge is 0.428 e. The average molecular weight is 299 g/mol. The highest BCUT2D eigenvalue weighted by atomic mass is 16.7. The van der Waals surface area contributed by atoms with Gasteiger partial charge in [-0.15, -0.1) is 0 Å². The normalized spacial score (nSPS) is 11.1. The van der Waals surface area contributed by atoms with E-state index in [1.807, 2.05) is 37.3 Å². The first-order valence-corrected chi connectivity index (χ1v) is 7.12. The quantitative estimate of drug-likeness (QED) is 0.501. The summed E-state index contributed by atoms with van der Waals surface area (Å²) in [5, 5.41) is 0. The van der Waals surface area contributed by atoms with Crippen LogP contribution in [0.2, 0.25) is 0 Å². The van der Waals surface area contributed by atoms with Gasteiger partial charge in [-0.3, -0.25) is 0 Å². The average Bonchev–Trinajstić information content (AvgIpc) is 2.40. The Balaban J connectivity index is 2.19. The standard InChI is InChI=1S/C18H21NO3/c1-12-8-9-14(11-16(12)19)13-6-5-7-15(10-13)21-17(20)22-18(2,3)4/h5-11H,19H2,1-4H3. The molecular formula is C18H21NO3. The molecule has 2 aromatic rings. The van der Waals surface area contributed by atoms with Crippen LogP contribution in [0.3, 0.4) is 0 Å². The second-order valence-corrected chi connectivity index (χ2v) is 6.17. The van der Waals surface area contributed by atoms with Gasteiger partial charge in [0.2, 0.25) is 0 Å². The highest BCUT2D eigenvalue weighted by molar-refractivity contribution is 5.71. The molecule has 2 aromatic carbocycles. The van der Waals surface area contributed by atoms with Crippen molar-refractivity contribution in [2.75, 3.05) is 5.73 Å². The largest absolute Gasteiger partial charge is 0.514 e. The first kappa shape index (κ1) is 15.9. The van der Waals surface area contributed by atoms with Crippen molar-refractivity contribution in [1.82, 2.24) is 0 Å². The van der Waals surface area contributed by atoms with Crippen LogP contribution < -0.4 is 10.5 Å². The zero-order chi connectivity index (χ0) is 16.3. The number of carbonyl (C=O) groups excluding carboxylic acids is 1. The summed E-state index contributed by atoms with van der Waals surface area (Å²) in [6.45, 7) is 7.33. The minimum atomic E-state index is -0.715. The summed E-state index contributed by atoms with van der Waals surface area (Å²) in [5.41, 5.74) is 9.02. The third kappa shape index (κ3) is 4.25. The summed E-state index contributed by atoms with van der Waals surface area (Å²) < 4.78 is 10.4. The van der Waals surface area contributed by atoms with Gasteiger partial charge in [0.1, 0.15) is 11.4 Å². The molecule has 2 rings (SSSR count). The van der Waals surface area contributed by atoms with E-state index in [-0.39, 0.29) is 0 Å². The maximum atomic E-state index is 11.7. The minimum Gasteiger partial charge on any atom is -0.428 e. The molecule has 0 unspecified atom stereocenters. The van der Waals surface area contributed by atoms with E-state index in [0.717, 1.165) is 22.4 Å². The number of hydrogen-bond donors (Lipinski definition) is 1. The Morgan fingerprint density at radius 2 is 1.73 bits per heavy atom. The number of ether oxygens (including phenoxy) is 2. The van der Waals surface area contributed by atoms with Gasteiger partial charge in [-0.05, 0) is 62.6 Å². The van der Waals surface area contributed by atoms with Crippen molar-refractivity contribution >= 4 is 11.8 Å². The number of rotatable bonds is 2. The zero-order valence-electron chi connectivity index (χ0n) is 13.3. The van der Waals surface area contributed by atoms with E-state index in [2.05, 4.69) is 0 Å². The van der Waals surface area contributed by atoms with E-state index in [4.69, 9.17) is 15.2 Å². The fourth-order valence-electron chi connectivity index (χ4n) is 1.93. The van der Waals surface area contributed by atoms with Crippen LogP contribution in [-0.2, 0) is 4.74 Å². The molecule has 0 aliphatic rings. The molecule has 0 aliphatic heterocycles. The molecule has 2 N–H and O–H groups in total. The molecule has 22 heavy (non-hydrogen) atoms. The summed E-state index contributed by atoms with van der Waals surface area (Å²) >= 11 is 0. The van der Waals surface area contributed by atoms with Crippen LogP contribution in [0.4, 0.5) is 10.5 Å². The van der Waals surface area contributed by atoms with Crippen LogP contribution in [0, 0.1) is 6.92 Å². The molecule has 0 saturated carbocycles. The Hall–Kier alpha value is -2.49. The molecule has 0 atom stereocenters. The number of anilines is 1. The molecule has 0 heterocycles. The number of carbonyl (C=O) groups is 1. The molecule has 0 amide bonds. The predicted octanol–water partition coefficient (Wildman–Crippen LogP) is 4.56. The Kier molecular flexibility index (Phi) is 4.40. The van der Waals surface area contributed by atoms with Crippen molar-refractivity contribution < 1.29 is 14.3 Å². The first-order valence-electron chi connectivity index (χ1n) is 7.12. The number of benzene rings is 2. The lowest BCUT2D eigenvalue weighted by Crippen LogP contribution is -2.25. The monoisotopic (exact) mass is 299 g/mol. The second-order valence-electron chi connectivity index (χ2n) is 6.17. The zero-order valence-corrected chi connectivity index (χ0v) is 13.3. The second kappa shape index (κ2) is 6.10. The fourth-order valence-corrected chi connectivity index (χ4v) is 1.93. The van der Waals surface area contributed by atoms with E-state index in [9.17, 15) is 4.79 Å². The minimum absolute atomic E-state index is 0.436. The van der Waals surface area contributed by atoms with Crippen LogP contribution in [0.15, 0.2) is 42.5 Å². The predicted molar refractivity (Wildman–Crippen MR) is 87.9 cm³/mol. The highest BCUT2D eigenvalue weighted by Gasteiger charge is 2.18. The molecule has 0 aromatic heterocycles. The van der Waals surface area contributed by atoms with Gasteiger partial charge in [0.15, 0.2) is 0 Å². The van der Waals surface area contributed by atoms with Gasteiger partial charge < -0.3 is 15.2 Å². The number of nitrogen functional groups attached to an aromatic ring is 1. The molecule has 0 spiro atoms. The highest BCUT2D eigenvalue weighted by Crippen LogP contribution is 2.27. The summed E-state index contributed by atoms with van der Waals surface area (Å²) in [5.74, 6) is 0.436. The maximum Gasteiger partial charge on any atom is 0.514 e. The third-order valence-electron chi connectivity index (χ3n) is 3.04. The van der Waals surface area contributed by atoms with Crippen LogP contribution in [0.25, 0.3) is 11.1 Å². The molecule has 0 bridgehead atoms. The molecule has 4 heteroatoms. The Labute approximate surface area is 130 Å². The van der Waals surface area contributed by atoms with Crippen molar-refractivity contribution in [1.29, 1.82) is 0 Å². The molecular weight excluding hydrogens is 278 g/mol. The van der Waals surface area contributed by atoms with Crippen molar-refractivity contribution in [3.05, 3.63) is 48.0 Å². The van der Waals surface area contributed by atoms with Crippen LogP contribution in [0.5, 0.6) is 5.75 Å². The third-order valence-corrected chi connectivity index (χ3v) is 3.04. The summed E-state index contributed by atoms with van der Waals surface area (Å²) in [4.78, 5) is 11.7. The van der Waals surface area contributed by atoms with Gasteiger partial charge in [0.05, 0.1) is 0 Å². The lowest BCUT2D eigenvalue weighted by Gasteiger charge is -2.18. The van der Waals surface area contributed by atoms with Crippen molar-refractivity contribution in [3.8, 4) is 16.9 Å². The maximum absolute atomic E-state index is 11.7. The number of hydrogen-bond acceptors (Lipinski definition) is 4. The molecule has 0 saturated heterocycles. The van der Waals surface area contributed by atoms with Crippen molar-refractivity contribution in [2.45, 2.75) is 33.3 Å². The number of nitrogens with two attached hydrogens (primary N) is 1. The van der Waals surface area contributed by atoms with Crippen LogP contribution in [0.1, 0.15) is 26.3 Å². The Morgan fingerprint density at radius 3 is 2.36 bits per heavy atom. The SMILES string of the molecule is Cc1ccc(-c2cccc(OC(=O)OC(C)(C)C)c2)cc1N. The fraction of sp³-hybridized carbons (Fsp3) is 0.278. The summed E-state index contributed by atoms with van der Waals surface area (Å²) in [6.07, 6.45) is -0.715. The molecule has 116 valence electrons. The lowest BCUT2D eigenvalue weighted by molar-refractivity contribution is 0.0206.